The molecule has 0 aromatic heterocycles. The lowest BCUT2D eigenvalue weighted by Crippen LogP contribution is -2.45. The Morgan fingerprint density at radius 1 is 0.523 bits per heavy atom. The molecule has 0 aliphatic heterocycles. The minimum Gasteiger partial charge on any atom is -0.387 e. The van der Waals surface area contributed by atoms with Gasteiger partial charge in [-0.25, -0.2) is 4.57 Å². The van der Waals surface area contributed by atoms with Crippen LogP contribution in [-0.4, -0.2) is 73.4 Å². The number of phosphoric acid groups is 1. The molecule has 9 heteroatoms. The van der Waals surface area contributed by atoms with Crippen molar-refractivity contribution in [1.82, 2.24) is 5.32 Å². The van der Waals surface area contributed by atoms with Gasteiger partial charge in [0.25, 0.3) is 0 Å². The second kappa shape index (κ2) is 47.3. The van der Waals surface area contributed by atoms with Gasteiger partial charge in [-0.15, -0.1) is 0 Å². The van der Waals surface area contributed by atoms with Gasteiger partial charge < -0.3 is 19.8 Å². The Morgan fingerprint density at radius 2 is 0.892 bits per heavy atom. The Balaban J connectivity index is 4.23. The first-order chi connectivity index (χ1) is 31.5. The Bertz CT molecular complexity index is 1240. The molecule has 0 saturated carbocycles. The lowest BCUT2D eigenvalue weighted by Gasteiger charge is -2.25. The van der Waals surface area contributed by atoms with E-state index in [0.29, 0.717) is 17.4 Å². The summed E-state index contributed by atoms with van der Waals surface area (Å²) < 4.78 is 23.6. The van der Waals surface area contributed by atoms with E-state index in [1.165, 1.54) is 167 Å². The number of aliphatic hydroxyl groups excluding tert-OH is 1. The summed E-state index contributed by atoms with van der Waals surface area (Å²) in [4.78, 5) is 23.2. The van der Waals surface area contributed by atoms with Crippen molar-refractivity contribution in [3.8, 4) is 0 Å². The molecule has 0 saturated heterocycles. The molecule has 0 spiro atoms. The predicted molar refractivity (Wildman–Crippen MR) is 281 cm³/mol. The standard InChI is InChI=1S/C56H105N2O6P/c1-6-8-10-12-14-16-18-20-22-24-25-26-27-28-29-30-31-32-33-34-36-38-40-42-44-46-48-50-56(60)57-54(53-64-65(61,62)63-52-51-58(3,4)5)55(59)49-47-45-43-41-39-37-35-23-21-19-17-15-13-11-9-7-2/h18,20-21,23-25,39,41,47,49,54-55,59H,6-17,19,22,26-38,40,42-46,48,50-53H2,1-5H3,(H-,57,60,61,62)/p+1/b20-18-,23-21+,25-24-,41-39+,49-47+. The second-order valence-corrected chi connectivity index (χ2v) is 21.0. The number of carbonyl (C=O) groups excluding carboxylic acids is 1. The van der Waals surface area contributed by atoms with Crippen molar-refractivity contribution in [2.45, 2.75) is 251 Å². The Kier molecular flexibility index (Phi) is 46.0. The first-order valence-corrected chi connectivity index (χ1v) is 28.7. The Labute approximate surface area is 402 Å². The zero-order valence-corrected chi connectivity index (χ0v) is 44.1. The number of likely N-dealkylation sites (N-methyl/N-ethyl adjacent to an activating group) is 1. The van der Waals surface area contributed by atoms with Crippen molar-refractivity contribution in [1.29, 1.82) is 0 Å². The average molecular weight is 934 g/mol. The van der Waals surface area contributed by atoms with Gasteiger partial charge in [0, 0.05) is 6.42 Å². The van der Waals surface area contributed by atoms with Crippen LogP contribution in [-0.2, 0) is 18.4 Å². The summed E-state index contributed by atoms with van der Waals surface area (Å²) in [6.07, 6.45) is 63.2. The van der Waals surface area contributed by atoms with Gasteiger partial charge in [-0.3, -0.25) is 13.8 Å². The Hall–Kier alpha value is -1.80. The molecule has 0 aromatic rings. The van der Waals surface area contributed by atoms with Crippen LogP contribution in [0.4, 0.5) is 0 Å². The third-order valence-electron chi connectivity index (χ3n) is 11.9. The van der Waals surface area contributed by atoms with Crippen LogP contribution < -0.4 is 5.32 Å². The van der Waals surface area contributed by atoms with Crippen molar-refractivity contribution in [2.24, 2.45) is 0 Å². The number of aliphatic hydroxyl groups is 1. The van der Waals surface area contributed by atoms with Crippen LogP contribution in [0.5, 0.6) is 0 Å². The van der Waals surface area contributed by atoms with Crippen molar-refractivity contribution < 1.29 is 32.9 Å². The molecule has 0 aliphatic rings. The van der Waals surface area contributed by atoms with Gasteiger partial charge in [0.2, 0.25) is 5.91 Å². The Morgan fingerprint density at radius 3 is 1.32 bits per heavy atom. The molecule has 0 heterocycles. The highest BCUT2D eigenvalue weighted by Crippen LogP contribution is 2.43. The SMILES string of the molecule is CCCCCCC/C=C\C/C=C\CCCCCCCCCCCCCCCCCC(=O)NC(COP(=O)(O)OCC[N+](C)(C)C)C(O)/C=C/CC/C=C/CC/C=C/CCCCCCCC. The summed E-state index contributed by atoms with van der Waals surface area (Å²) in [5.74, 6) is -0.191. The van der Waals surface area contributed by atoms with E-state index in [2.05, 4.69) is 67.8 Å². The van der Waals surface area contributed by atoms with Gasteiger partial charge in [-0.2, -0.15) is 0 Å². The third kappa shape index (κ3) is 49.9. The number of hydrogen-bond acceptors (Lipinski definition) is 5. The molecule has 0 fully saturated rings. The fourth-order valence-electron chi connectivity index (χ4n) is 7.63. The van der Waals surface area contributed by atoms with Crippen molar-refractivity contribution >= 4 is 13.7 Å². The van der Waals surface area contributed by atoms with E-state index >= 15 is 0 Å². The zero-order valence-electron chi connectivity index (χ0n) is 43.2. The van der Waals surface area contributed by atoms with E-state index in [0.717, 1.165) is 51.4 Å². The van der Waals surface area contributed by atoms with E-state index in [-0.39, 0.29) is 19.1 Å². The summed E-state index contributed by atoms with van der Waals surface area (Å²) in [5, 5.41) is 13.9. The van der Waals surface area contributed by atoms with Crippen LogP contribution in [0.15, 0.2) is 60.8 Å². The number of nitrogens with zero attached hydrogens (tertiary/aromatic N) is 1. The highest BCUT2D eigenvalue weighted by molar-refractivity contribution is 7.47. The molecule has 380 valence electrons. The fourth-order valence-corrected chi connectivity index (χ4v) is 8.37. The zero-order chi connectivity index (χ0) is 47.8. The van der Waals surface area contributed by atoms with Gasteiger partial charge in [0.1, 0.15) is 13.2 Å². The minimum absolute atomic E-state index is 0.0524. The number of amides is 1. The molecule has 3 unspecified atom stereocenters. The quantitative estimate of drug-likeness (QED) is 0.0243. The molecule has 0 aromatic carbocycles. The summed E-state index contributed by atoms with van der Waals surface area (Å²) in [5.41, 5.74) is 0. The first-order valence-electron chi connectivity index (χ1n) is 27.2. The number of hydrogen-bond donors (Lipinski definition) is 3. The number of quaternary nitrogens is 1. The van der Waals surface area contributed by atoms with E-state index in [1.54, 1.807) is 6.08 Å². The van der Waals surface area contributed by atoms with E-state index in [9.17, 15) is 19.4 Å². The van der Waals surface area contributed by atoms with Gasteiger partial charge in [-0.1, -0.05) is 216 Å². The molecular weight excluding hydrogens is 828 g/mol. The largest absolute Gasteiger partial charge is 0.472 e. The van der Waals surface area contributed by atoms with Crippen LogP contribution >= 0.6 is 7.82 Å². The summed E-state index contributed by atoms with van der Waals surface area (Å²) in [6.45, 7) is 4.77. The van der Waals surface area contributed by atoms with Crippen molar-refractivity contribution in [3.05, 3.63) is 60.8 Å². The molecule has 3 N–H and O–H groups in total. The van der Waals surface area contributed by atoms with E-state index < -0.39 is 20.0 Å². The van der Waals surface area contributed by atoms with Crippen LogP contribution in [0.25, 0.3) is 0 Å². The molecule has 3 atom stereocenters. The summed E-state index contributed by atoms with van der Waals surface area (Å²) in [7, 11) is 1.54. The maximum Gasteiger partial charge on any atom is 0.472 e. The van der Waals surface area contributed by atoms with Crippen molar-refractivity contribution in [3.63, 3.8) is 0 Å². The average Bonchev–Trinajstić information content (AvgIpc) is 3.26. The van der Waals surface area contributed by atoms with E-state index in [1.807, 2.05) is 27.2 Å². The smallest absolute Gasteiger partial charge is 0.387 e. The van der Waals surface area contributed by atoms with Gasteiger partial charge in [0.15, 0.2) is 0 Å². The topological polar surface area (TPSA) is 105 Å². The third-order valence-corrected chi connectivity index (χ3v) is 12.9. The fraction of sp³-hybridized carbons (Fsp3) is 0.804. The number of nitrogens with one attached hydrogen (secondary N) is 1. The second-order valence-electron chi connectivity index (χ2n) is 19.6. The number of unbranched alkanes of at least 4 members (excludes halogenated alkanes) is 28. The molecule has 0 aliphatic carbocycles. The first kappa shape index (κ1) is 63.2. The number of phosphoric ester groups is 1. The molecule has 1 amide bonds. The van der Waals surface area contributed by atoms with Crippen LogP contribution in [0.2, 0.25) is 0 Å². The lowest BCUT2D eigenvalue weighted by molar-refractivity contribution is -0.870. The van der Waals surface area contributed by atoms with Crippen LogP contribution in [0.3, 0.4) is 0 Å². The van der Waals surface area contributed by atoms with Crippen LogP contribution in [0.1, 0.15) is 239 Å². The molecule has 0 rings (SSSR count). The summed E-state index contributed by atoms with van der Waals surface area (Å²) >= 11 is 0. The number of carbonyl (C=O) groups is 1. The molecule has 8 nitrogen and oxygen atoms in total. The van der Waals surface area contributed by atoms with E-state index in [4.69, 9.17) is 9.05 Å². The highest BCUT2D eigenvalue weighted by Gasteiger charge is 2.27. The molecular formula is C56H106N2O6P+. The minimum atomic E-state index is -4.36. The maximum absolute atomic E-state index is 12.9. The maximum atomic E-state index is 12.9. The lowest BCUT2D eigenvalue weighted by atomic mass is 10.0. The highest BCUT2D eigenvalue weighted by atomic mass is 31.2. The number of allylic oxidation sites excluding steroid dienone is 9. The van der Waals surface area contributed by atoms with Gasteiger partial charge in [-0.05, 0) is 77.0 Å². The number of rotatable bonds is 49. The molecule has 0 radical (unpaired) electrons. The molecule has 0 bridgehead atoms. The normalized spacial score (nSPS) is 14.5. The summed E-state index contributed by atoms with van der Waals surface area (Å²) in [6, 6.07) is -0.871. The monoisotopic (exact) mass is 934 g/mol. The van der Waals surface area contributed by atoms with Gasteiger partial charge >= 0.3 is 7.82 Å². The predicted octanol–water partition coefficient (Wildman–Crippen LogP) is 16.1. The van der Waals surface area contributed by atoms with Crippen molar-refractivity contribution in [2.75, 3.05) is 40.9 Å². The van der Waals surface area contributed by atoms with Crippen LogP contribution in [0, 0.1) is 0 Å². The molecule has 65 heavy (non-hydrogen) atoms. The van der Waals surface area contributed by atoms with Gasteiger partial charge in [0.05, 0.1) is 39.9 Å².